The van der Waals surface area contributed by atoms with E-state index in [0.29, 0.717) is 0 Å². The van der Waals surface area contributed by atoms with Gasteiger partial charge in [-0.1, -0.05) is 23.7 Å². The van der Waals surface area contributed by atoms with Crippen molar-refractivity contribution in [1.29, 1.82) is 0 Å². The first-order valence-corrected chi connectivity index (χ1v) is 7.68. The van der Waals surface area contributed by atoms with E-state index in [2.05, 4.69) is 17.1 Å². The summed E-state index contributed by atoms with van der Waals surface area (Å²) in [6, 6.07) is 10.1. The number of rotatable bonds is 2. The van der Waals surface area contributed by atoms with Gasteiger partial charge in [-0.25, -0.2) is 0 Å². The summed E-state index contributed by atoms with van der Waals surface area (Å²) in [4.78, 5) is 5.52. The van der Waals surface area contributed by atoms with Gasteiger partial charge in [0, 0.05) is 16.0 Å². The first kappa shape index (κ1) is 13.6. The average molecular weight is 303 g/mol. The molecule has 20 heavy (non-hydrogen) atoms. The molecule has 2 N–H and O–H groups in total. The summed E-state index contributed by atoms with van der Waals surface area (Å²) in [5, 5.41) is 3.93. The van der Waals surface area contributed by atoms with Crippen LogP contribution in [0.3, 0.4) is 0 Å². The van der Waals surface area contributed by atoms with Crippen LogP contribution in [0.2, 0.25) is 5.02 Å². The van der Waals surface area contributed by atoms with Crippen molar-refractivity contribution in [1.82, 2.24) is 4.98 Å². The van der Waals surface area contributed by atoms with E-state index in [0.717, 1.165) is 37.6 Å². The summed E-state index contributed by atoms with van der Waals surface area (Å²) in [5.74, 6) is 0. The summed E-state index contributed by atoms with van der Waals surface area (Å²) >= 11 is 7.92. The normalized spacial score (nSPS) is 12.8. The fourth-order valence-electron chi connectivity index (χ4n) is 2.25. The number of aromatic nitrogens is 1. The van der Waals surface area contributed by atoms with E-state index >= 15 is 0 Å². The molecule has 0 spiro atoms. The van der Waals surface area contributed by atoms with Crippen molar-refractivity contribution >= 4 is 33.8 Å². The molecule has 0 aliphatic carbocycles. The number of pyridine rings is 1. The van der Waals surface area contributed by atoms with Gasteiger partial charge in [0.25, 0.3) is 0 Å². The van der Waals surface area contributed by atoms with Crippen molar-refractivity contribution in [2.45, 2.75) is 19.9 Å². The molecule has 0 saturated heterocycles. The second-order valence-corrected chi connectivity index (χ2v) is 6.27. The molecule has 1 aromatic carbocycles. The number of nitrogens with two attached hydrogens (primary N) is 1. The standard InChI is InChI=1S/C16H15ClN2S/c1-9-8-20-16(14(9)17)15(18)12-5-6-13-11(7-12)4-3-10(2)19-13/h3-8,15H,18H2,1-2H3. The number of halogens is 1. The van der Waals surface area contributed by atoms with Crippen LogP contribution in [0, 0.1) is 13.8 Å². The lowest BCUT2D eigenvalue weighted by molar-refractivity contribution is 0.895. The minimum atomic E-state index is -0.188. The van der Waals surface area contributed by atoms with Crippen LogP contribution in [0.15, 0.2) is 35.7 Å². The number of thiophene rings is 1. The van der Waals surface area contributed by atoms with Gasteiger partial charge in [0.1, 0.15) is 0 Å². The minimum Gasteiger partial charge on any atom is -0.320 e. The molecule has 2 aromatic heterocycles. The summed E-state index contributed by atoms with van der Waals surface area (Å²) in [5.41, 5.74) is 10.5. The summed E-state index contributed by atoms with van der Waals surface area (Å²) in [6.45, 7) is 4.00. The Kier molecular flexibility index (Phi) is 3.50. The molecular formula is C16H15ClN2S. The number of hydrogen-bond donors (Lipinski definition) is 1. The Bertz CT molecular complexity index is 779. The van der Waals surface area contributed by atoms with Gasteiger partial charge in [0.05, 0.1) is 16.6 Å². The molecule has 2 heterocycles. The van der Waals surface area contributed by atoms with Crippen molar-refractivity contribution in [3.63, 3.8) is 0 Å². The van der Waals surface area contributed by atoms with E-state index in [9.17, 15) is 0 Å². The van der Waals surface area contributed by atoms with Crippen LogP contribution in [-0.4, -0.2) is 4.98 Å². The van der Waals surface area contributed by atoms with Gasteiger partial charge >= 0.3 is 0 Å². The van der Waals surface area contributed by atoms with Gasteiger partial charge in [0.2, 0.25) is 0 Å². The molecule has 0 radical (unpaired) electrons. The molecule has 102 valence electrons. The van der Waals surface area contributed by atoms with Crippen molar-refractivity contribution in [3.8, 4) is 0 Å². The molecule has 0 aliphatic rings. The van der Waals surface area contributed by atoms with Gasteiger partial charge in [-0.3, -0.25) is 4.98 Å². The Morgan fingerprint density at radius 1 is 1.20 bits per heavy atom. The monoisotopic (exact) mass is 302 g/mol. The van der Waals surface area contributed by atoms with Crippen LogP contribution in [0.1, 0.15) is 27.7 Å². The second-order valence-electron chi connectivity index (χ2n) is 4.98. The van der Waals surface area contributed by atoms with Crippen LogP contribution in [-0.2, 0) is 0 Å². The Labute approximate surface area is 127 Å². The summed E-state index contributed by atoms with van der Waals surface area (Å²) in [6.07, 6.45) is 0. The van der Waals surface area contributed by atoms with E-state index < -0.39 is 0 Å². The fraction of sp³-hybridized carbons (Fsp3) is 0.188. The van der Waals surface area contributed by atoms with E-state index in [4.69, 9.17) is 17.3 Å². The Morgan fingerprint density at radius 3 is 2.70 bits per heavy atom. The van der Waals surface area contributed by atoms with Gasteiger partial charge in [0.15, 0.2) is 0 Å². The first-order valence-electron chi connectivity index (χ1n) is 6.42. The molecule has 2 nitrogen and oxygen atoms in total. The zero-order valence-corrected chi connectivity index (χ0v) is 12.9. The molecule has 3 aromatic rings. The molecule has 0 saturated carbocycles. The fourth-order valence-corrected chi connectivity index (χ4v) is 3.59. The summed E-state index contributed by atoms with van der Waals surface area (Å²) < 4.78 is 0. The topological polar surface area (TPSA) is 38.9 Å². The summed E-state index contributed by atoms with van der Waals surface area (Å²) in [7, 11) is 0. The van der Waals surface area contributed by atoms with Gasteiger partial charge in [-0.05, 0) is 48.6 Å². The smallest absolute Gasteiger partial charge is 0.0705 e. The van der Waals surface area contributed by atoms with Crippen molar-refractivity contribution in [2.24, 2.45) is 5.73 Å². The van der Waals surface area contributed by atoms with Crippen molar-refractivity contribution in [3.05, 3.63) is 62.4 Å². The van der Waals surface area contributed by atoms with Crippen LogP contribution < -0.4 is 5.73 Å². The highest BCUT2D eigenvalue weighted by atomic mass is 35.5. The van der Waals surface area contributed by atoms with Crippen molar-refractivity contribution in [2.75, 3.05) is 0 Å². The number of aryl methyl sites for hydroxylation is 2. The Hall–Kier alpha value is -1.42. The van der Waals surface area contributed by atoms with Gasteiger partial charge in [-0.15, -0.1) is 11.3 Å². The zero-order valence-electron chi connectivity index (χ0n) is 11.4. The van der Waals surface area contributed by atoms with Crippen LogP contribution in [0.4, 0.5) is 0 Å². The van der Waals surface area contributed by atoms with Crippen molar-refractivity contribution < 1.29 is 0 Å². The van der Waals surface area contributed by atoms with Gasteiger partial charge in [-0.2, -0.15) is 0 Å². The lowest BCUT2D eigenvalue weighted by Crippen LogP contribution is -2.10. The number of nitrogens with zero attached hydrogens (tertiary/aromatic N) is 1. The second kappa shape index (κ2) is 5.17. The zero-order chi connectivity index (χ0) is 14.3. The Balaban J connectivity index is 2.05. The molecule has 3 rings (SSSR count). The quantitative estimate of drug-likeness (QED) is 0.750. The third kappa shape index (κ3) is 2.33. The molecule has 0 amide bonds. The molecular weight excluding hydrogens is 288 g/mol. The first-order chi connectivity index (χ1) is 9.56. The molecule has 0 aliphatic heterocycles. The number of fused-ring (bicyclic) bond motifs is 1. The number of hydrogen-bond acceptors (Lipinski definition) is 3. The lowest BCUT2D eigenvalue weighted by Gasteiger charge is -2.12. The van der Waals surface area contributed by atoms with E-state index in [1.54, 1.807) is 11.3 Å². The Morgan fingerprint density at radius 2 is 2.00 bits per heavy atom. The molecule has 0 fully saturated rings. The predicted octanol–water partition coefficient (Wildman–Crippen LogP) is 4.61. The van der Waals surface area contributed by atoms with Crippen LogP contribution in [0.25, 0.3) is 10.9 Å². The SMILES string of the molecule is Cc1ccc2cc(C(N)c3scc(C)c3Cl)ccc2n1. The molecule has 0 bridgehead atoms. The average Bonchev–Trinajstić information content (AvgIpc) is 2.77. The van der Waals surface area contributed by atoms with Crippen LogP contribution >= 0.6 is 22.9 Å². The maximum Gasteiger partial charge on any atom is 0.0705 e. The minimum absolute atomic E-state index is 0.188. The van der Waals surface area contributed by atoms with E-state index in [1.165, 1.54) is 0 Å². The van der Waals surface area contributed by atoms with Crippen LogP contribution in [0.5, 0.6) is 0 Å². The maximum absolute atomic E-state index is 6.36. The largest absolute Gasteiger partial charge is 0.320 e. The van der Waals surface area contributed by atoms with E-state index in [-0.39, 0.29) is 6.04 Å². The van der Waals surface area contributed by atoms with Gasteiger partial charge < -0.3 is 5.73 Å². The maximum atomic E-state index is 6.36. The predicted molar refractivity (Wildman–Crippen MR) is 86.6 cm³/mol. The molecule has 4 heteroatoms. The number of benzene rings is 1. The molecule has 1 atom stereocenters. The highest BCUT2D eigenvalue weighted by molar-refractivity contribution is 7.10. The third-order valence-electron chi connectivity index (χ3n) is 3.42. The lowest BCUT2D eigenvalue weighted by atomic mass is 10.0. The molecule has 1 unspecified atom stereocenters. The highest BCUT2D eigenvalue weighted by Crippen LogP contribution is 2.35. The highest BCUT2D eigenvalue weighted by Gasteiger charge is 2.16. The van der Waals surface area contributed by atoms with E-state index in [1.807, 2.05) is 37.4 Å². The third-order valence-corrected chi connectivity index (χ3v) is 5.22.